The molecule has 0 aromatic rings. The van der Waals surface area contributed by atoms with Crippen molar-refractivity contribution in [2.24, 2.45) is 11.8 Å². The number of hydrogen-bond acceptors (Lipinski definition) is 2. The van der Waals surface area contributed by atoms with Gasteiger partial charge in [0.2, 0.25) is 0 Å². The Morgan fingerprint density at radius 3 is 2.60 bits per heavy atom. The quantitative estimate of drug-likeness (QED) is 0.518. The number of rotatable bonds is 0. The zero-order valence-electron chi connectivity index (χ0n) is 6.03. The first-order valence-electron chi connectivity index (χ1n) is 4.15. The van der Waals surface area contributed by atoms with Gasteiger partial charge >= 0.3 is 0 Å². The second-order valence-corrected chi connectivity index (χ2v) is 3.65. The van der Waals surface area contributed by atoms with Crippen molar-refractivity contribution >= 4 is 0 Å². The molecule has 2 saturated carbocycles. The lowest BCUT2D eigenvalue weighted by molar-refractivity contribution is 0.0197. The van der Waals surface area contributed by atoms with Crippen molar-refractivity contribution in [3.63, 3.8) is 0 Å². The average Bonchev–Trinajstić information content (AvgIpc) is 2.41. The van der Waals surface area contributed by atoms with E-state index in [0.717, 1.165) is 12.8 Å². The Morgan fingerprint density at radius 2 is 1.90 bits per heavy atom. The van der Waals surface area contributed by atoms with Crippen molar-refractivity contribution in [3.05, 3.63) is 0 Å². The lowest BCUT2D eigenvalue weighted by Crippen LogP contribution is -2.24. The molecule has 2 heteroatoms. The van der Waals surface area contributed by atoms with Gasteiger partial charge in [-0.15, -0.1) is 0 Å². The van der Waals surface area contributed by atoms with Gasteiger partial charge in [0.1, 0.15) is 0 Å². The third kappa shape index (κ3) is 0.789. The number of aliphatic hydroxyl groups is 2. The molecule has 4 atom stereocenters. The molecule has 0 aliphatic heterocycles. The van der Waals surface area contributed by atoms with Crippen molar-refractivity contribution in [1.82, 2.24) is 0 Å². The van der Waals surface area contributed by atoms with Crippen LogP contribution in [-0.4, -0.2) is 22.4 Å². The van der Waals surface area contributed by atoms with Crippen molar-refractivity contribution in [1.29, 1.82) is 0 Å². The molecule has 2 nitrogen and oxygen atoms in total. The maximum absolute atomic E-state index is 9.42. The third-order valence-corrected chi connectivity index (χ3v) is 3.10. The molecule has 2 fully saturated rings. The van der Waals surface area contributed by atoms with Crippen LogP contribution in [0.5, 0.6) is 0 Å². The van der Waals surface area contributed by atoms with Crippen LogP contribution in [0.4, 0.5) is 0 Å². The highest BCUT2D eigenvalue weighted by Gasteiger charge is 2.43. The van der Waals surface area contributed by atoms with Gasteiger partial charge in [0.25, 0.3) is 0 Å². The zero-order chi connectivity index (χ0) is 7.14. The maximum Gasteiger partial charge on any atom is 0.0829 e. The molecule has 2 rings (SSSR count). The van der Waals surface area contributed by atoms with Gasteiger partial charge in [-0.25, -0.2) is 0 Å². The molecule has 0 aromatic carbocycles. The maximum atomic E-state index is 9.42. The van der Waals surface area contributed by atoms with Crippen LogP contribution < -0.4 is 0 Å². The molecule has 2 aliphatic carbocycles. The van der Waals surface area contributed by atoms with Crippen LogP contribution in [0.1, 0.15) is 25.7 Å². The van der Waals surface area contributed by atoms with Gasteiger partial charge < -0.3 is 10.2 Å². The summed E-state index contributed by atoms with van der Waals surface area (Å²) in [6.45, 7) is 0. The summed E-state index contributed by atoms with van der Waals surface area (Å²) in [6.07, 6.45) is 3.61. The SMILES string of the molecule is OC1C[C@@H]2CCC[C@@H]2C1O. The highest BCUT2D eigenvalue weighted by atomic mass is 16.3. The minimum atomic E-state index is -0.421. The van der Waals surface area contributed by atoms with E-state index in [2.05, 4.69) is 0 Å². The summed E-state index contributed by atoms with van der Waals surface area (Å²) >= 11 is 0. The standard InChI is InChI=1S/C8H14O2/c9-7-4-5-2-1-3-6(5)8(7)10/h5-10H,1-4H2/t5-,6-,7?,8?/m0/s1. The van der Waals surface area contributed by atoms with Gasteiger partial charge in [-0.1, -0.05) is 6.42 Å². The first-order chi connectivity index (χ1) is 4.79. The average molecular weight is 142 g/mol. The van der Waals surface area contributed by atoms with Crippen LogP contribution in [0, 0.1) is 11.8 Å². The summed E-state index contributed by atoms with van der Waals surface area (Å²) in [5, 5.41) is 18.7. The highest BCUT2D eigenvalue weighted by molar-refractivity contribution is 4.94. The van der Waals surface area contributed by atoms with Crippen LogP contribution in [0.25, 0.3) is 0 Å². The predicted molar refractivity (Wildman–Crippen MR) is 37.5 cm³/mol. The fourth-order valence-corrected chi connectivity index (χ4v) is 2.54. The summed E-state index contributed by atoms with van der Waals surface area (Å²) in [6, 6.07) is 0. The smallest absolute Gasteiger partial charge is 0.0829 e. The van der Waals surface area contributed by atoms with Gasteiger partial charge in [-0.3, -0.25) is 0 Å². The van der Waals surface area contributed by atoms with E-state index in [1.807, 2.05) is 0 Å². The molecule has 0 aromatic heterocycles. The Labute approximate surface area is 60.9 Å². The molecule has 2 aliphatic rings. The molecular weight excluding hydrogens is 128 g/mol. The summed E-state index contributed by atoms with van der Waals surface area (Å²) in [7, 11) is 0. The molecule has 2 unspecified atom stereocenters. The zero-order valence-corrected chi connectivity index (χ0v) is 6.03. The van der Waals surface area contributed by atoms with E-state index in [4.69, 9.17) is 0 Å². The Bertz CT molecular complexity index is 133. The molecule has 0 heterocycles. The lowest BCUT2D eigenvalue weighted by Gasteiger charge is -2.13. The molecule has 58 valence electrons. The first-order valence-corrected chi connectivity index (χ1v) is 4.15. The van der Waals surface area contributed by atoms with E-state index in [0.29, 0.717) is 11.8 Å². The monoisotopic (exact) mass is 142 g/mol. The molecule has 0 amide bonds. The minimum absolute atomic E-state index is 0.410. The fourth-order valence-electron chi connectivity index (χ4n) is 2.54. The predicted octanol–water partition coefficient (Wildman–Crippen LogP) is 0.528. The third-order valence-electron chi connectivity index (χ3n) is 3.10. The Morgan fingerprint density at radius 1 is 1.10 bits per heavy atom. The summed E-state index contributed by atoms with van der Waals surface area (Å²) in [5.41, 5.74) is 0. The number of hydrogen-bond donors (Lipinski definition) is 2. The normalized spacial score (nSPS) is 53.4. The molecule has 0 radical (unpaired) electrons. The minimum Gasteiger partial charge on any atom is -0.390 e. The molecule has 2 N–H and O–H groups in total. The second kappa shape index (κ2) is 2.21. The lowest BCUT2D eigenvalue weighted by atomic mass is 9.99. The van der Waals surface area contributed by atoms with Crippen LogP contribution in [0.2, 0.25) is 0 Å². The topological polar surface area (TPSA) is 40.5 Å². The highest BCUT2D eigenvalue weighted by Crippen LogP contribution is 2.43. The van der Waals surface area contributed by atoms with Crippen molar-refractivity contribution in [3.8, 4) is 0 Å². The van der Waals surface area contributed by atoms with Crippen molar-refractivity contribution < 1.29 is 10.2 Å². The van der Waals surface area contributed by atoms with Crippen LogP contribution >= 0.6 is 0 Å². The van der Waals surface area contributed by atoms with E-state index in [-0.39, 0.29) is 0 Å². The fraction of sp³-hybridized carbons (Fsp3) is 1.00. The number of aliphatic hydroxyl groups excluding tert-OH is 2. The van der Waals surface area contributed by atoms with E-state index in [1.54, 1.807) is 0 Å². The van der Waals surface area contributed by atoms with Crippen molar-refractivity contribution in [2.75, 3.05) is 0 Å². The van der Waals surface area contributed by atoms with E-state index in [9.17, 15) is 10.2 Å². The van der Waals surface area contributed by atoms with E-state index >= 15 is 0 Å². The molecule has 0 saturated heterocycles. The molecule has 10 heavy (non-hydrogen) atoms. The summed E-state index contributed by atoms with van der Waals surface area (Å²) in [5.74, 6) is 1.06. The van der Waals surface area contributed by atoms with Gasteiger partial charge in [0.05, 0.1) is 12.2 Å². The first kappa shape index (κ1) is 6.62. The molecule has 0 spiro atoms. The largest absolute Gasteiger partial charge is 0.390 e. The van der Waals surface area contributed by atoms with Gasteiger partial charge in [0, 0.05) is 0 Å². The summed E-state index contributed by atoms with van der Waals surface area (Å²) < 4.78 is 0. The second-order valence-electron chi connectivity index (χ2n) is 3.65. The van der Waals surface area contributed by atoms with Gasteiger partial charge in [-0.2, -0.15) is 0 Å². The Hall–Kier alpha value is -0.0800. The van der Waals surface area contributed by atoms with Gasteiger partial charge in [-0.05, 0) is 31.1 Å². The number of fused-ring (bicyclic) bond motifs is 1. The van der Waals surface area contributed by atoms with Crippen LogP contribution in [-0.2, 0) is 0 Å². The van der Waals surface area contributed by atoms with E-state index in [1.165, 1.54) is 12.8 Å². The van der Waals surface area contributed by atoms with Gasteiger partial charge in [0.15, 0.2) is 0 Å². The molecule has 0 bridgehead atoms. The van der Waals surface area contributed by atoms with E-state index < -0.39 is 12.2 Å². The van der Waals surface area contributed by atoms with Crippen LogP contribution in [0.3, 0.4) is 0 Å². The Kier molecular flexibility index (Phi) is 1.46. The van der Waals surface area contributed by atoms with Crippen molar-refractivity contribution in [2.45, 2.75) is 37.9 Å². The Balaban J connectivity index is 2.09. The molecular formula is C8H14O2. The van der Waals surface area contributed by atoms with Crippen LogP contribution in [0.15, 0.2) is 0 Å². The summed E-state index contributed by atoms with van der Waals surface area (Å²) in [4.78, 5) is 0.